The summed E-state index contributed by atoms with van der Waals surface area (Å²) < 4.78 is 8.98. The number of hydrogen-bond acceptors (Lipinski definition) is 2. The van der Waals surface area contributed by atoms with Crippen molar-refractivity contribution in [3.05, 3.63) is 64.6 Å². The number of rotatable bonds is 7. The Morgan fingerprint density at radius 3 is 2.24 bits per heavy atom. The van der Waals surface area contributed by atoms with E-state index in [-0.39, 0.29) is 5.69 Å². The number of nitrogens with zero attached hydrogens (tertiary/aromatic N) is 2. The lowest BCUT2D eigenvalue weighted by atomic mass is 10.2. The van der Waals surface area contributed by atoms with Gasteiger partial charge in [0.1, 0.15) is 12.3 Å². The molecular formula is C20H26N3O2+. The molecule has 0 amide bonds. The Hall–Kier alpha value is -2.53. The van der Waals surface area contributed by atoms with Crippen LogP contribution in [0.3, 0.4) is 0 Å². The van der Waals surface area contributed by atoms with Crippen molar-refractivity contribution < 1.29 is 9.64 Å². The number of benzene rings is 2. The quantitative estimate of drug-likeness (QED) is 0.714. The van der Waals surface area contributed by atoms with E-state index in [1.807, 2.05) is 45.5 Å². The van der Waals surface area contributed by atoms with Crippen LogP contribution in [-0.4, -0.2) is 23.3 Å². The van der Waals surface area contributed by atoms with Gasteiger partial charge in [-0.15, -0.1) is 0 Å². The third-order valence-corrected chi connectivity index (χ3v) is 4.47. The van der Waals surface area contributed by atoms with E-state index in [2.05, 4.69) is 26.1 Å². The summed E-state index contributed by atoms with van der Waals surface area (Å²) in [4.78, 5) is 14.1. The molecule has 1 heterocycles. The minimum absolute atomic E-state index is 0.0807. The lowest BCUT2D eigenvalue weighted by molar-refractivity contribution is -0.916. The molecule has 132 valence electrons. The van der Waals surface area contributed by atoms with E-state index in [9.17, 15) is 4.79 Å². The monoisotopic (exact) mass is 340 g/mol. The summed E-state index contributed by atoms with van der Waals surface area (Å²) >= 11 is 0. The number of methoxy groups -OCH3 is 1. The van der Waals surface area contributed by atoms with Crippen LogP contribution in [-0.2, 0) is 19.8 Å². The van der Waals surface area contributed by atoms with Crippen LogP contribution in [0, 0.1) is 0 Å². The molecule has 0 fully saturated rings. The second kappa shape index (κ2) is 7.57. The van der Waals surface area contributed by atoms with Gasteiger partial charge in [-0.25, -0.2) is 9.36 Å². The highest BCUT2D eigenvalue weighted by Crippen LogP contribution is 2.13. The van der Waals surface area contributed by atoms with Gasteiger partial charge in [0.05, 0.1) is 25.2 Å². The summed E-state index contributed by atoms with van der Waals surface area (Å²) in [6.45, 7) is 4.34. The van der Waals surface area contributed by atoms with E-state index >= 15 is 0 Å². The molecule has 0 bridgehead atoms. The highest BCUT2D eigenvalue weighted by molar-refractivity contribution is 5.75. The Balaban J connectivity index is 1.84. The average Bonchev–Trinajstić information content (AvgIpc) is 2.89. The van der Waals surface area contributed by atoms with Crippen LogP contribution in [0.4, 0.5) is 0 Å². The summed E-state index contributed by atoms with van der Waals surface area (Å²) in [5.74, 6) is 0.861. The lowest BCUT2D eigenvalue weighted by Gasteiger charge is -2.15. The number of fused-ring (bicyclic) bond motifs is 1. The maximum atomic E-state index is 12.8. The van der Waals surface area contributed by atoms with Gasteiger partial charge < -0.3 is 9.64 Å². The summed E-state index contributed by atoms with van der Waals surface area (Å²) in [5.41, 5.74) is 3.34. The van der Waals surface area contributed by atoms with Crippen LogP contribution in [0.5, 0.6) is 5.75 Å². The number of imidazole rings is 1. The van der Waals surface area contributed by atoms with Crippen molar-refractivity contribution in [3.8, 4) is 5.75 Å². The molecule has 3 rings (SSSR count). The molecule has 5 heteroatoms. The van der Waals surface area contributed by atoms with Crippen LogP contribution in [0.1, 0.15) is 18.9 Å². The smallest absolute Gasteiger partial charge is 0.333 e. The summed E-state index contributed by atoms with van der Waals surface area (Å²) in [6, 6.07) is 16.1. The normalized spacial score (nSPS) is 12.4. The number of ether oxygens (including phenoxy) is 1. The Kier molecular flexibility index (Phi) is 5.24. The summed E-state index contributed by atoms with van der Waals surface area (Å²) in [6.07, 6.45) is 0.947. The third-order valence-electron chi connectivity index (χ3n) is 4.47. The first-order chi connectivity index (χ1) is 12.1. The molecule has 1 unspecified atom stereocenters. The van der Waals surface area contributed by atoms with Gasteiger partial charge >= 0.3 is 5.69 Å². The van der Waals surface area contributed by atoms with Gasteiger partial charge in [0.2, 0.25) is 0 Å². The SMILES string of the molecule is CCCn1c(=O)n(C[NH+](C)Cc2ccc(OC)cc2)c2ccccc21. The first-order valence-electron chi connectivity index (χ1n) is 8.76. The maximum absolute atomic E-state index is 12.8. The second-order valence-corrected chi connectivity index (χ2v) is 6.49. The second-order valence-electron chi connectivity index (χ2n) is 6.49. The number of quaternary nitrogens is 1. The Morgan fingerprint density at radius 2 is 1.64 bits per heavy atom. The van der Waals surface area contributed by atoms with Gasteiger partial charge in [-0.1, -0.05) is 19.1 Å². The van der Waals surface area contributed by atoms with E-state index in [0.29, 0.717) is 6.67 Å². The summed E-state index contributed by atoms with van der Waals surface area (Å²) in [5, 5.41) is 0. The fourth-order valence-corrected chi connectivity index (χ4v) is 3.28. The van der Waals surface area contributed by atoms with Crippen molar-refractivity contribution in [1.29, 1.82) is 0 Å². The number of nitrogens with one attached hydrogen (secondary N) is 1. The average molecular weight is 340 g/mol. The zero-order valence-corrected chi connectivity index (χ0v) is 15.2. The van der Waals surface area contributed by atoms with E-state index in [0.717, 1.165) is 36.3 Å². The van der Waals surface area contributed by atoms with Gasteiger partial charge in [0.25, 0.3) is 0 Å². The molecule has 1 N–H and O–H groups in total. The number of aromatic nitrogens is 2. The van der Waals surface area contributed by atoms with Crippen molar-refractivity contribution in [3.63, 3.8) is 0 Å². The van der Waals surface area contributed by atoms with Crippen molar-refractivity contribution in [2.45, 2.75) is 33.1 Å². The highest BCUT2D eigenvalue weighted by Gasteiger charge is 2.15. The zero-order valence-electron chi connectivity index (χ0n) is 15.2. The third kappa shape index (κ3) is 3.61. The first kappa shape index (κ1) is 17.3. The minimum atomic E-state index is 0.0807. The van der Waals surface area contributed by atoms with Crippen molar-refractivity contribution >= 4 is 11.0 Å². The molecule has 0 aliphatic heterocycles. The Labute approximate surface area is 148 Å². The van der Waals surface area contributed by atoms with E-state index in [1.165, 1.54) is 10.5 Å². The molecule has 0 aliphatic rings. The first-order valence-corrected chi connectivity index (χ1v) is 8.76. The molecule has 2 aromatic carbocycles. The number of aryl methyl sites for hydroxylation is 1. The topological polar surface area (TPSA) is 40.6 Å². The molecule has 1 aromatic heterocycles. The van der Waals surface area contributed by atoms with Crippen molar-refractivity contribution in [2.75, 3.05) is 14.2 Å². The zero-order chi connectivity index (χ0) is 17.8. The Bertz CT molecular complexity index is 893. The van der Waals surface area contributed by atoms with Crippen LogP contribution < -0.4 is 15.3 Å². The van der Waals surface area contributed by atoms with E-state index in [1.54, 1.807) is 7.11 Å². The fourth-order valence-electron chi connectivity index (χ4n) is 3.28. The van der Waals surface area contributed by atoms with Crippen LogP contribution in [0.2, 0.25) is 0 Å². The maximum Gasteiger partial charge on any atom is 0.333 e. The molecule has 1 atom stereocenters. The predicted molar refractivity (Wildman–Crippen MR) is 100 cm³/mol. The van der Waals surface area contributed by atoms with Gasteiger partial charge in [-0.3, -0.25) is 4.57 Å². The molecule has 0 spiro atoms. The molecule has 25 heavy (non-hydrogen) atoms. The lowest BCUT2D eigenvalue weighted by Crippen LogP contribution is -3.07. The number of hydrogen-bond donors (Lipinski definition) is 1. The highest BCUT2D eigenvalue weighted by atomic mass is 16.5. The standard InChI is InChI=1S/C20H25N3O2/c1-4-13-22-18-7-5-6-8-19(18)23(20(22)24)15-21(2)14-16-9-11-17(25-3)12-10-16/h5-12H,4,13-15H2,1-3H3/p+1. The van der Waals surface area contributed by atoms with Gasteiger partial charge in [-0.05, 0) is 42.8 Å². The van der Waals surface area contributed by atoms with Gasteiger partial charge in [0, 0.05) is 12.1 Å². The molecule has 0 radical (unpaired) electrons. The minimum Gasteiger partial charge on any atom is -0.497 e. The molecule has 0 saturated carbocycles. The molecule has 0 aliphatic carbocycles. The van der Waals surface area contributed by atoms with Crippen LogP contribution >= 0.6 is 0 Å². The largest absolute Gasteiger partial charge is 0.497 e. The van der Waals surface area contributed by atoms with Crippen molar-refractivity contribution in [1.82, 2.24) is 9.13 Å². The van der Waals surface area contributed by atoms with Crippen LogP contribution in [0.15, 0.2) is 53.3 Å². The fraction of sp³-hybridized carbons (Fsp3) is 0.350. The van der Waals surface area contributed by atoms with E-state index < -0.39 is 0 Å². The van der Waals surface area contributed by atoms with Gasteiger partial charge in [-0.2, -0.15) is 0 Å². The molecular weight excluding hydrogens is 314 g/mol. The predicted octanol–water partition coefficient (Wildman–Crippen LogP) is 1.89. The number of para-hydroxylation sites is 2. The van der Waals surface area contributed by atoms with E-state index in [4.69, 9.17) is 4.74 Å². The van der Waals surface area contributed by atoms with Gasteiger partial charge in [0.15, 0.2) is 6.67 Å². The van der Waals surface area contributed by atoms with Crippen LogP contribution in [0.25, 0.3) is 11.0 Å². The van der Waals surface area contributed by atoms with Crippen molar-refractivity contribution in [2.24, 2.45) is 0 Å². The molecule has 0 saturated heterocycles. The summed E-state index contributed by atoms with van der Waals surface area (Å²) in [7, 11) is 3.79. The molecule has 3 aromatic rings. The molecule has 5 nitrogen and oxygen atoms in total. The Morgan fingerprint density at radius 1 is 1.00 bits per heavy atom.